The smallest absolute Gasteiger partial charge is 0.230 e. The Labute approximate surface area is 120 Å². The Hall–Kier alpha value is -1.41. The van der Waals surface area contributed by atoms with Gasteiger partial charge in [-0.25, -0.2) is 4.98 Å². The summed E-state index contributed by atoms with van der Waals surface area (Å²) in [7, 11) is 3.83. The van der Waals surface area contributed by atoms with E-state index in [-0.39, 0.29) is 0 Å². The van der Waals surface area contributed by atoms with Crippen LogP contribution in [0, 0.1) is 0 Å². The SMILES string of the molecule is CCCNc1nc(Sc2nccs2)nc(N(C)C)n1. The average molecular weight is 296 g/mol. The van der Waals surface area contributed by atoms with Crippen LogP contribution in [-0.4, -0.2) is 40.6 Å². The van der Waals surface area contributed by atoms with E-state index < -0.39 is 0 Å². The summed E-state index contributed by atoms with van der Waals surface area (Å²) < 4.78 is 0.928. The van der Waals surface area contributed by atoms with Crippen molar-refractivity contribution >= 4 is 35.0 Å². The van der Waals surface area contributed by atoms with Gasteiger partial charge in [-0.15, -0.1) is 11.3 Å². The van der Waals surface area contributed by atoms with Gasteiger partial charge in [-0.3, -0.25) is 0 Å². The number of thiazole rings is 1. The van der Waals surface area contributed by atoms with Crippen molar-refractivity contribution in [2.75, 3.05) is 30.9 Å². The van der Waals surface area contributed by atoms with Crippen LogP contribution in [0.3, 0.4) is 0 Å². The van der Waals surface area contributed by atoms with Crippen LogP contribution in [-0.2, 0) is 0 Å². The monoisotopic (exact) mass is 296 g/mol. The van der Waals surface area contributed by atoms with Gasteiger partial charge in [0.25, 0.3) is 0 Å². The van der Waals surface area contributed by atoms with Crippen LogP contribution < -0.4 is 10.2 Å². The predicted molar refractivity (Wildman–Crippen MR) is 79.2 cm³/mol. The molecular formula is C11H16N6S2. The molecule has 2 aromatic rings. The lowest BCUT2D eigenvalue weighted by Gasteiger charge is -2.12. The van der Waals surface area contributed by atoms with Gasteiger partial charge in [-0.05, 0) is 18.2 Å². The summed E-state index contributed by atoms with van der Waals surface area (Å²) in [4.78, 5) is 19.3. The quantitative estimate of drug-likeness (QED) is 0.877. The topological polar surface area (TPSA) is 66.8 Å². The van der Waals surface area contributed by atoms with Crippen LogP contribution >= 0.6 is 23.1 Å². The number of anilines is 2. The first kappa shape index (κ1) is 14.0. The Balaban J connectivity index is 2.23. The van der Waals surface area contributed by atoms with Gasteiger partial charge >= 0.3 is 0 Å². The van der Waals surface area contributed by atoms with Gasteiger partial charge in [-0.1, -0.05) is 6.92 Å². The van der Waals surface area contributed by atoms with Crippen molar-refractivity contribution in [1.29, 1.82) is 0 Å². The molecular weight excluding hydrogens is 280 g/mol. The van der Waals surface area contributed by atoms with Crippen LogP contribution in [0.2, 0.25) is 0 Å². The Morgan fingerprint density at radius 1 is 1.32 bits per heavy atom. The molecule has 2 aromatic heterocycles. The van der Waals surface area contributed by atoms with Gasteiger partial charge in [0.15, 0.2) is 4.34 Å². The Kier molecular flexibility index (Phi) is 4.92. The van der Waals surface area contributed by atoms with Crippen molar-refractivity contribution < 1.29 is 0 Å². The number of nitrogens with one attached hydrogen (secondary N) is 1. The van der Waals surface area contributed by atoms with Gasteiger partial charge in [0.2, 0.25) is 17.1 Å². The zero-order chi connectivity index (χ0) is 13.7. The molecule has 0 amide bonds. The second-order valence-corrected chi connectivity index (χ2v) is 6.07. The molecule has 0 radical (unpaired) electrons. The molecule has 0 aliphatic heterocycles. The van der Waals surface area contributed by atoms with E-state index in [0.717, 1.165) is 17.3 Å². The maximum Gasteiger partial charge on any atom is 0.230 e. The minimum absolute atomic E-state index is 0.611. The molecule has 19 heavy (non-hydrogen) atoms. The van der Waals surface area contributed by atoms with E-state index in [1.54, 1.807) is 17.5 Å². The zero-order valence-corrected chi connectivity index (χ0v) is 12.8. The van der Waals surface area contributed by atoms with E-state index in [9.17, 15) is 0 Å². The summed E-state index contributed by atoms with van der Waals surface area (Å²) in [6, 6.07) is 0. The molecule has 0 aliphatic rings. The number of hydrogen-bond donors (Lipinski definition) is 1. The Bertz CT molecular complexity index is 514. The van der Waals surface area contributed by atoms with Gasteiger partial charge in [0.05, 0.1) is 0 Å². The highest BCUT2D eigenvalue weighted by molar-refractivity contribution is 8.00. The highest BCUT2D eigenvalue weighted by atomic mass is 32.2. The number of aromatic nitrogens is 4. The molecule has 0 aromatic carbocycles. The second-order valence-electron chi connectivity index (χ2n) is 3.96. The van der Waals surface area contributed by atoms with Crippen molar-refractivity contribution in [2.45, 2.75) is 22.8 Å². The van der Waals surface area contributed by atoms with Crippen molar-refractivity contribution in [3.05, 3.63) is 11.6 Å². The van der Waals surface area contributed by atoms with Crippen LogP contribution in [0.15, 0.2) is 21.1 Å². The van der Waals surface area contributed by atoms with Crippen molar-refractivity contribution in [2.24, 2.45) is 0 Å². The third-order valence-electron chi connectivity index (χ3n) is 2.12. The Morgan fingerprint density at radius 2 is 2.16 bits per heavy atom. The lowest BCUT2D eigenvalue weighted by atomic mass is 10.5. The minimum Gasteiger partial charge on any atom is -0.354 e. The maximum absolute atomic E-state index is 4.41. The van der Waals surface area contributed by atoms with Crippen molar-refractivity contribution in [1.82, 2.24) is 19.9 Å². The largest absolute Gasteiger partial charge is 0.354 e. The van der Waals surface area contributed by atoms with E-state index in [0.29, 0.717) is 17.1 Å². The molecule has 0 unspecified atom stereocenters. The standard InChI is InChI=1S/C11H16N6S2/c1-4-5-12-8-14-9(17(2)3)16-10(15-8)19-11-13-6-7-18-11/h6-7H,4-5H2,1-3H3,(H,12,14,15,16). The summed E-state index contributed by atoms with van der Waals surface area (Å²) in [5.41, 5.74) is 0. The second kappa shape index (κ2) is 6.67. The van der Waals surface area contributed by atoms with Crippen LogP contribution in [0.4, 0.5) is 11.9 Å². The highest BCUT2D eigenvalue weighted by Crippen LogP contribution is 2.27. The zero-order valence-electron chi connectivity index (χ0n) is 11.1. The van der Waals surface area contributed by atoms with Gasteiger partial charge < -0.3 is 10.2 Å². The molecule has 0 saturated carbocycles. The lowest BCUT2D eigenvalue weighted by Crippen LogP contribution is -2.16. The minimum atomic E-state index is 0.611. The molecule has 0 saturated heterocycles. The molecule has 0 aliphatic carbocycles. The van der Waals surface area contributed by atoms with Crippen LogP contribution in [0.1, 0.15) is 13.3 Å². The van der Waals surface area contributed by atoms with E-state index in [1.807, 2.05) is 24.4 Å². The lowest BCUT2D eigenvalue weighted by molar-refractivity contribution is 0.851. The first-order valence-corrected chi connectivity index (χ1v) is 7.63. The predicted octanol–water partition coefficient (Wildman–Crippen LogP) is 2.37. The fraction of sp³-hybridized carbons (Fsp3) is 0.455. The van der Waals surface area contributed by atoms with E-state index >= 15 is 0 Å². The van der Waals surface area contributed by atoms with E-state index in [2.05, 4.69) is 32.2 Å². The highest BCUT2D eigenvalue weighted by Gasteiger charge is 2.10. The van der Waals surface area contributed by atoms with Crippen LogP contribution in [0.5, 0.6) is 0 Å². The average Bonchev–Trinajstić information content (AvgIpc) is 2.89. The maximum atomic E-state index is 4.41. The van der Waals surface area contributed by atoms with Gasteiger partial charge in [0.1, 0.15) is 0 Å². The summed E-state index contributed by atoms with van der Waals surface area (Å²) in [5.74, 6) is 1.26. The molecule has 8 heteroatoms. The summed E-state index contributed by atoms with van der Waals surface area (Å²) >= 11 is 3.03. The fourth-order valence-electron chi connectivity index (χ4n) is 1.25. The molecule has 2 rings (SSSR count). The summed E-state index contributed by atoms with van der Waals surface area (Å²) in [6.45, 7) is 2.95. The summed E-state index contributed by atoms with van der Waals surface area (Å²) in [5, 5.41) is 5.79. The molecule has 0 bridgehead atoms. The normalized spacial score (nSPS) is 10.5. The third kappa shape index (κ3) is 4.03. The molecule has 0 atom stereocenters. The van der Waals surface area contributed by atoms with E-state index in [1.165, 1.54) is 11.8 Å². The van der Waals surface area contributed by atoms with Crippen molar-refractivity contribution in [3.63, 3.8) is 0 Å². The molecule has 2 heterocycles. The first-order chi connectivity index (χ1) is 9.19. The Morgan fingerprint density at radius 3 is 2.79 bits per heavy atom. The molecule has 6 nitrogen and oxygen atoms in total. The van der Waals surface area contributed by atoms with Crippen LogP contribution in [0.25, 0.3) is 0 Å². The number of hydrogen-bond acceptors (Lipinski definition) is 8. The molecule has 0 fully saturated rings. The number of nitrogens with zero attached hydrogens (tertiary/aromatic N) is 5. The molecule has 102 valence electrons. The van der Waals surface area contributed by atoms with E-state index in [4.69, 9.17) is 0 Å². The number of rotatable bonds is 6. The summed E-state index contributed by atoms with van der Waals surface area (Å²) in [6.07, 6.45) is 2.80. The molecule has 1 N–H and O–H groups in total. The molecule has 0 spiro atoms. The van der Waals surface area contributed by atoms with Gasteiger partial charge in [0, 0.05) is 32.2 Å². The van der Waals surface area contributed by atoms with Gasteiger partial charge in [-0.2, -0.15) is 15.0 Å². The first-order valence-electron chi connectivity index (χ1n) is 5.93. The fourth-order valence-corrected chi connectivity index (χ4v) is 2.72. The van der Waals surface area contributed by atoms with Crippen molar-refractivity contribution in [3.8, 4) is 0 Å². The third-order valence-corrected chi connectivity index (χ3v) is 3.87.